The van der Waals surface area contributed by atoms with Crippen molar-refractivity contribution < 1.29 is 51.0 Å². The van der Waals surface area contributed by atoms with Gasteiger partial charge in [0.2, 0.25) is 0 Å². The Labute approximate surface area is 224 Å². The van der Waals surface area contributed by atoms with Gasteiger partial charge in [0.05, 0.1) is 0 Å². The Morgan fingerprint density at radius 2 is 1.55 bits per heavy atom. The van der Waals surface area contributed by atoms with Gasteiger partial charge in [-0.3, -0.25) is 0 Å². The molecule has 0 atom stereocenters. The van der Waals surface area contributed by atoms with Crippen LogP contribution in [0, 0.1) is 18.8 Å². The van der Waals surface area contributed by atoms with Crippen LogP contribution in [0.5, 0.6) is 0 Å². The van der Waals surface area contributed by atoms with Gasteiger partial charge in [0.1, 0.15) is 0 Å². The van der Waals surface area contributed by atoms with Crippen LogP contribution in [-0.2, 0) is 32.6 Å². The van der Waals surface area contributed by atoms with Crippen LogP contribution in [0.4, 0.5) is 0 Å². The molecule has 0 saturated heterocycles. The second-order valence-corrected chi connectivity index (χ2v) is 11.2. The maximum atomic E-state index is 2.42. The zero-order valence-corrected chi connectivity index (χ0v) is 25.0. The Morgan fingerprint density at radius 3 is 2.03 bits per heavy atom. The summed E-state index contributed by atoms with van der Waals surface area (Å²) in [5.74, 6) is 1.60. The first-order valence-electron chi connectivity index (χ1n) is 11.0. The molecule has 0 nitrogen and oxygen atoms in total. The summed E-state index contributed by atoms with van der Waals surface area (Å²) in [6.45, 7) is 13.8. The predicted molar refractivity (Wildman–Crippen MR) is 131 cm³/mol. The number of halogens is 2. The Bertz CT molecular complexity index is 776. The molecule has 3 aromatic rings. The number of benzene rings is 1. The monoisotopic (exact) mass is 554 g/mol. The molecule has 0 radical (unpaired) electrons. The van der Waals surface area contributed by atoms with Gasteiger partial charge in [-0.1, -0.05) is 74.8 Å². The van der Waals surface area contributed by atoms with Crippen LogP contribution in [0.15, 0.2) is 54.6 Å². The average molecular weight is 557 g/mol. The zero-order valence-electron chi connectivity index (χ0n) is 20.1. The number of fused-ring (bicyclic) bond motifs is 1. The van der Waals surface area contributed by atoms with Gasteiger partial charge in [-0.2, -0.15) is 23.3 Å². The number of aryl methyl sites for hydroxylation is 2. The molecule has 0 saturated carbocycles. The van der Waals surface area contributed by atoms with Crippen LogP contribution in [0.3, 0.4) is 0 Å². The fourth-order valence-corrected chi connectivity index (χ4v) is 6.66. The average Bonchev–Trinajstić information content (AvgIpc) is 3.25. The molecular weight excluding hydrogens is 517 g/mol. The molecule has 0 bridgehead atoms. The smallest absolute Gasteiger partial charge is 1.00 e. The Morgan fingerprint density at radius 1 is 0.935 bits per heavy atom. The van der Waals surface area contributed by atoms with Crippen LogP contribution in [0.25, 0.3) is 10.8 Å². The van der Waals surface area contributed by atoms with Gasteiger partial charge in [-0.25, -0.2) is 12.1 Å². The third kappa shape index (κ3) is 11.7. The van der Waals surface area contributed by atoms with Crippen LogP contribution >= 0.6 is 7.92 Å². The van der Waals surface area contributed by atoms with Crippen LogP contribution < -0.4 is 30.1 Å². The Kier molecular flexibility index (Phi) is 18.8. The standard InChI is InChI=1S/C17H24P.C10H15.2ClH.Zr/c1-13(2)11-18(12-14(3)4)17-9-15-7-5-6-8-16(15)10-17;1-3-4-7-10-8-5-6-9(10)2;;;/h5-10,13-14H,11-12H2,1-4H3;5-6,8H,3-4,7H2,1-2H3;2*1H;/q2*-1;;;+4/p-2. The van der Waals surface area contributed by atoms with Gasteiger partial charge in [-0.05, 0) is 24.2 Å². The molecule has 3 rings (SSSR count). The molecule has 0 N–H and O–H groups in total. The molecular formula is C27H39Cl2PZr. The van der Waals surface area contributed by atoms with E-state index in [1.165, 1.54) is 53.5 Å². The van der Waals surface area contributed by atoms with E-state index in [0.717, 1.165) is 11.8 Å². The SMILES string of the molecule is CC(C)CP(CC(C)C)c1cc2ccccc2[cH-]1.CCCC[c-]1cccc1C.[Cl-].[Cl-].[Zr+4]. The molecule has 0 unspecified atom stereocenters. The summed E-state index contributed by atoms with van der Waals surface area (Å²) >= 11 is 0. The Balaban J connectivity index is 0. The second kappa shape index (κ2) is 17.5. The van der Waals surface area contributed by atoms with Crippen molar-refractivity contribution >= 4 is 24.0 Å². The number of hydrogen-bond acceptors (Lipinski definition) is 0. The minimum atomic E-state index is 0. The second-order valence-electron chi connectivity index (χ2n) is 8.87. The van der Waals surface area contributed by atoms with Crippen molar-refractivity contribution in [2.24, 2.45) is 11.8 Å². The quantitative estimate of drug-likeness (QED) is 0.295. The molecule has 4 heteroatoms. The minimum absolute atomic E-state index is 0. The van der Waals surface area contributed by atoms with Crippen LogP contribution in [0.1, 0.15) is 58.6 Å². The van der Waals surface area contributed by atoms with E-state index in [0.29, 0.717) is 0 Å². The van der Waals surface area contributed by atoms with Crippen molar-refractivity contribution in [3.05, 3.63) is 65.7 Å². The molecule has 0 heterocycles. The molecule has 31 heavy (non-hydrogen) atoms. The molecule has 0 aliphatic carbocycles. The van der Waals surface area contributed by atoms with Crippen molar-refractivity contribution in [2.75, 3.05) is 12.3 Å². The summed E-state index contributed by atoms with van der Waals surface area (Å²) in [5.41, 5.74) is 2.98. The molecule has 0 aliphatic rings. The molecule has 170 valence electrons. The number of unbranched alkanes of at least 4 members (excludes halogenated alkanes) is 1. The number of hydrogen-bond donors (Lipinski definition) is 0. The fraction of sp³-hybridized carbons (Fsp3) is 0.481. The van der Waals surface area contributed by atoms with E-state index in [4.69, 9.17) is 0 Å². The van der Waals surface area contributed by atoms with Gasteiger partial charge in [0.25, 0.3) is 0 Å². The summed E-state index contributed by atoms with van der Waals surface area (Å²) < 4.78 is 0. The fourth-order valence-electron chi connectivity index (χ4n) is 3.68. The summed E-state index contributed by atoms with van der Waals surface area (Å²) in [6, 6.07) is 20.1. The number of rotatable bonds is 8. The summed E-state index contributed by atoms with van der Waals surface area (Å²) in [5, 5.41) is 4.42. The topological polar surface area (TPSA) is 0 Å². The van der Waals surface area contributed by atoms with Gasteiger partial charge in [0.15, 0.2) is 0 Å². The third-order valence-electron chi connectivity index (χ3n) is 5.09. The van der Waals surface area contributed by atoms with Crippen molar-refractivity contribution in [1.82, 2.24) is 0 Å². The predicted octanol–water partition coefficient (Wildman–Crippen LogP) is 2.04. The zero-order chi connectivity index (χ0) is 20.5. The van der Waals surface area contributed by atoms with E-state index in [9.17, 15) is 0 Å². The minimum Gasteiger partial charge on any atom is -1.00 e. The summed E-state index contributed by atoms with van der Waals surface area (Å²) in [6.07, 6.45) is 6.61. The van der Waals surface area contributed by atoms with Gasteiger partial charge in [-0.15, -0.1) is 40.3 Å². The normalized spacial score (nSPS) is 10.4. The van der Waals surface area contributed by atoms with E-state index < -0.39 is 0 Å². The molecule has 0 amide bonds. The van der Waals surface area contributed by atoms with Gasteiger partial charge < -0.3 is 24.8 Å². The van der Waals surface area contributed by atoms with E-state index in [1.54, 1.807) is 5.30 Å². The summed E-state index contributed by atoms with van der Waals surface area (Å²) in [4.78, 5) is 0. The van der Waals surface area contributed by atoms with Crippen LogP contribution in [-0.4, -0.2) is 12.3 Å². The van der Waals surface area contributed by atoms with Crippen molar-refractivity contribution in [3.63, 3.8) is 0 Å². The first kappa shape index (κ1) is 33.2. The molecule has 3 aromatic carbocycles. The molecule has 0 aliphatic heterocycles. The molecule has 0 aromatic heterocycles. The van der Waals surface area contributed by atoms with Crippen LogP contribution in [0.2, 0.25) is 0 Å². The van der Waals surface area contributed by atoms with Gasteiger partial charge >= 0.3 is 26.2 Å². The first-order valence-corrected chi connectivity index (χ1v) is 12.7. The molecule has 0 spiro atoms. The van der Waals surface area contributed by atoms with E-state index in [2.05, 4.69) is 96.1 Å². The third-order valence-corrected chi connectivity index (χ3v) is 8.42. The Hall–Kier alpha value is 0.0731. The molecule has 0 fully saturated rings. The van der Waals surface area contributed by atoms with E-state index in [1.807, 2.05) is 0 Å². The van der Waals surface area contributed by atoms with E-state index in [-0.39, 0.29) is 58.9 Å². The largest absolute Gasteiger partial charge is 4.00 e. The summed E-state index contributed by atoms with van der Waals surface area (Å²) in [7, 11) is 0.0185. The van der Waals surface area contributed by atoms with Crippen molar-refractivity contribution in [3.8, 4) is 0 Å². The van der Waals surface area contributed by atoms with E-state index >= 15 is 0 Å². The van der Waals surface area contributed by atoms with Gasteiger partial charge in [0, 0.05) is 0 Å². The van der Waals surface area contributed by atoms with Crippen molar-refractivity contribution in [2.45, 2.75) is 60.8 Å². The first-order chi connectivity index (χ1) is 13.4. The maximum Gasteiger partial charge on any atom is 4.00 e. The maximum absolute atomic E-state index is 2.42. The van der Waals surface area contributed by atoms with Crippen molar-refractivity contribution in [1.29, 1.82) is 0 Å².